The predicted octanol–water partition coefficient (Wildman–Crippen LogP) is 0.459. The summed E-state index contributed by atoms with van der Waals surface area (Å²) in [6.07, 6.45) is 1.41. The Balaban J connectivity index is 2.25. The summed E-state index contributed by atoms with van der Waals surface area (Å²) >= 11 is 0. The van der Waals surface area contributed by atoms with Crippen molar-refractivity contribution in [2.24, 2.45) is 0 Å². The van der Waals surface area contributed by atoms with Gasteiger partial charge in [-0.15, -0.1) is 0 Å². The first kappa shape index (κ1) is 22.5. The summed E-state index contributed by atoms with van der Waals surface area (Å²) in [4.78, 5) is 22.1. The van der Waals surface area contributed by atoms with E-state index in [1.54, 1.807) is 19.3 Å². The molecule has 9 heteroatoms. The van der Waals surface area contributed by atoms with Crippen molar-refractivity contribution in [2.75, 3.05) is 53.4 Å². The minimum atomic E-state index is -0.635. The average molecular weight is 376 g/mol. The highest BCUT2D eigenvalue weighted by Gasteiger charge is 2.30. The van der Waals surface area contributed by atoms with Crippen molar-refractivity contribution in [1.29, 1.82) is 0 Å². The van der Waals surface area contributed by atoms with Crippen LogP contribution >= 0.6 is 0 Å². The van der Waals surface area contributed by atoms with Gasteiger partial charge in [0.1, 0.15) is 18.8 Å². The summed E-state index contributed by atoms with van der Waals surface area (Å²) in [5, 5.41) is 0. The molecule has 3 atom stereocenters. The number of carbonyl (C=O) groups is 2. The summed E-state index contributed by atoms with van der Waals surface area (Å²) in [6.45, 7) is 5.28. The van der Waals surface area contributed by atoms with Gasteiger partial charge in [0.05, 0.1) is 39.6 Å². The molecule has 1 rings (SSSR count). The lowest BCUT2D eigenvalue weighted by molar-refractivity contribution is -0.199. The molecule has 0 bridgehead atoms. The molecule has 26 heavy (non-hydrogen) atoms. The van der Waals surface area contributed by atoms with Gasteiger partial charge < -0.3 is 33.2 Å². The number of hydrogen-bond donors (Lipinski definition) is 0. The lowest BCUT2D eigenvalue weighted by Gasteiger charge is -2.31. The molecule has 0 aliphatic carbocycles. The Morgan fingerprint density at radius 1 is 0.923 bits per heavy atom. The normalized spacial score (nSPS) is 22.2. The van der Waals surface area contributed by atoms with Crippen LogP contribution in [0.15, 0.2) is 12.2 Å². The van der Waals surface area contributed by atoms with Crippen molar-refractivity contribution in [3.63, 3.8) is 0 Å². The molecule has 150 valence electrons. The number of esters is 2. The molecule has 9 nitrogen and oxygen atoms in total. The fourth-order valence-corrected chi connectivity index (χ4v) is 2.04. The maximum atomic E-state index is 11.1. The quantitative estimate of drug-likeness (QED) is 0.258. The summed E-state index contributed by atoms with van der Waals surface area (Å²) in [6, 6.07) is 0. The van der Waals surface area contributed by atoms with Crippen LogP contribution < -0.4 is 0 Å². The highest BCUT2D eigenvalue weighted by atomic mass is 16.7. The first-order valence-corrected chi connectivity index (χ1v) is 8.43. The number of carbonyl (C=O) groups excluding carboxylic acids is 2. The van der Waals surface area contributed by atoms with E-state index >= 15 is 0 Å². The molecule has 0 aromatic rings. The van der Waals surface area contributed by atoms with E-state index in [1.807, 2.05) is 0 Å². The van der Waals surface area contributed by atoms with Gasteiger partial charge in [-0.3, -0.25) is 9.59 Å². The Labute approximate surface area is 153 Å². The summed E-state index contributed by atoms with van der Waals surface area (Å²) in [7, 11) is 1.62. The van der Waals surface area contributed by atoms with Gasteiger partial charge in [0.25, 0.3) is 0 Å². The van der Waals surface area contributed by atoms with Gasteiger partial charge in [-0.2, -0.15) is 0 Å². The lowest BCUT2D eigenvalue weighted by Crippen LogP contribution is -2.42. The van der Waals surface area contributed by atoms with E-state index in [0.29, 0.717) is 39.6 Å². The lowest BCUT2D eigenvalue weighted by atomic mass is 10.1. The standard InChI is InChI=1S/C17H28O9/c1-13(18)24-12-16-15(25-14(2)19)4-5-17(26-16)23-11-10-22-9-8-21-7-6-20-3/h4-5,15-17H,6-12H2,1-3H3/t15-,16+,17-/m0/s1. The first-order chi connectivity index (χ1) is 12.5. The van der Waals surface area contributed by atoms with Crippen molar-refractivity contribution < 1.29 is 42.7 Å². The zero-order valence-corrected chi connectivity index (χ0v) is 15.5. The molecule has 1 heterocycles. The fraction of sp³-hybridized carbons (Fsp3) is 0.765. The average Bonchev–Trinajstić information content (AvgIpc) is 2.59. The van der Waals surface area contributed by atoms with Gasteiger partial charge in [-0.05, 0) is 12.2 Å². The monoisotopic (exact) mass is 376 g/mol. The van der Waals surface area contributed by atoms with Crippen LogP contribution in [0.2, 0.25) is 0 Å². The van der Waals surface area contributed by atoms with Gasteiger partial charge in [-0.1, -0.05) is 0 Å². The van der Waals surface area contributed by atoms with Crippen molar-refractivity contribution in [3.8, 4) is 0 Å². The molecule has 0 unspecified atom stereocenters. The molecule has 0 aromatic carbocycles. The second kappa shape index (κ2) is 13.7. The van der Waals surface area contributed by atoms with Crippen LogP contribution in [0.3, 0.4) is 0 Å². The van der Waals surface area contributed by atoms with E-state index in [9.17, 15) is 9.59 Å². The number of methoxy groups -OCH3 is 1. The van der Waals surface area contributed by atoms with E-state index in [1.165, 1.54) is 13.8 Å². The van der Waals surface area contributed by atoms with Crippen LogP contribution in [0.25, 0.3) is 0 Å². The molecule has 0 radical (unpaired) electrons. The van der Waals surface area contributed by atoms with Gasteiger partial charge in [0.15, 0.2) is 6.29 Å². The molecule has 0 saturated carbocycles. The SMILES string of the molecule is COCCOCCOCCO[C@@H]1C=C[C@H](OC(C)=O)[C@@H](COC(C)=O)O1. The van der Waals surface area contributed by atoms with E-state index in [0.717, 1.165) is 0 Å². The van der Waals surface area contributed by atoms with Crippen LogP contribution in [-0.2, 0) is 42.7 Å². The predicted molar refractivity (Wildman–Crippen MR) is 89.5 cm³/mol. The van der Waals surface area contributed by atoms with E-state index in [4.69, 9.17) is 33.2 Å². The Hall–Kier alpha value is -1.52. The largest absolute Gasteiger partial charge is 0.463 e. The van der Waals surface area contributed by atoms with Gasteiger partial charge in [0.2, 0.25) is 0 Å². The molecule has 1 aliphatic heterocycles. The van der Waals surface area contributed by atoms with Gasteiger partial charge >= 0.3 is 11.9 Å². The molecule has 0 N–H and O–H groups in total. The van der Waals surface area contributed by atoms with Crippen LogP contribution in [0.5, 0.6) is 0 Å². The van der Waals surface area contributed by atoms with Crippen molar-refractivity contribution in [1.82, 2.24) is 0 Å². The van der Waals surface area contributed by atoms with Crippen LogP contribution in [0.4, 0.5) is 0 Å². The number of ether oxygens (including phenoxy) is 7. The number of rotatable bonds is 13. The topological polar surface area (TPSA) is 98.8 Å². The zero-order chi connectivity index (χ0) is 19.2. The second-order valence-corrected chi connectivity index (χ2v) is 5.39. The molecule has 0 aromatic heterocycles. The fourth-order valence-electron chi connectivity index (χ4n) is 2.04. The highest BCUT2D eigenvalue weighted by molar-refractivity contribution is 5.66. The Kier molecular flexibility index (Phi) is 11.8. The Morgan fingerprint density at radius 2 is 1.58 bits per heavy atom. The third-order valence-corrected chi connectivity index (χ3v) is 3.20. The van der Waals surface area contributed by atoms with Gasteiger partial charge in [-0.25, -0.2) is 0 Å². The molecule has 0 amide bonds. The molecule has 1 aliphatic rings. The number of hydrogen-bond acceptors (Lipinski definition) is 9. The van der Waals surface area contributed by atoms with Crippen LogP contribution in [-0.4, -0.2) is 83.8 Å². The summed E-state index contributed by atoms with van der Waals surface area (Å²) in [5.74, 6) is -0.889. The Bertz CT molecular complexity index is 438. The zero-order valence-electron chi connectivity index (χ0n) is 15.5. The van der Waals surface area contributed by atoms with Gasteiger partial charge in [0, 0.05) is 21.0 Å². The van der Waals surface area contributed by atoms with Crippen LogP contribution in [0, 0.1) is 0 Å². The van der Waals surface area contributed by atoms with E-state index in [2.05, 4.69) is 0 Å². The molecule has 0 spiro atoms. The minimum absolute atomic E-state index is 0.0349. The maximum Gasteiger partial charge on any atom is 0.303 e. The summed E-state index contributed by atoms with van der Waals surface area (Å²) in [5.41, 5.74) is 0. The van der Waals surface area contributed by atoms with Crippen LogP contribution in [0.1, 0.15) is 13.8 Å². The minimum Gasteiger partial charge on any atom is -0.463 e. The van der Waals surface area contributed by atoms with E-state index < -0.39 is 30.4 Å². The molecular weight excluding hydrogens is 348 g/mol. The third kappa shape index (κ3) is 10.5. The van der Waals surface area contributed by atoms with E-state index in [-0.39, 0.29) is 6.61 Å². The molecular formula is C17H28O9. The van der Waals surface area contributed by atoms with Crippen molar-refractivity contribution >= 4 is 11.9 Å². The molecule has 0 fully saturated rings. The highest BCUT2D eigenvalue weighted by Crippen LogP contribution is 2.17. The summed E-state index contributed by atoms with van der Waals surface area (Å²) < 4.78 is 36.8. The second-order valence-electron chi connectivity index (χ2n) is 5.39. The maximum absolute atomic E-state index is 11.1. The Morgan fingerprint density at radius 3 is 2.19 bits per heavy atom. The van der Waals surface area contributed by atoms with Crippen molar-refractivity contribution in [3.05, 3.63) is 12.2 Å². The molecule has 0 saturated heterocycles. The van der Waals surface area contributed by atoms with Crippen molar-refractivity contribution in [2.45, 2.75) is 32.3 Å². The first-order valence-electron chi connectivity index (χ1n) is 8.43. The third-order valence-electron chi connectivity index (χ3n) is 3.20. The smallest absolute Gasteiger partial charge is 0.303 e.